The molecule has 0 aliphatic carbocycles. The molecule has 0 amide bonds. The van der Waals surface area contributed by atoms with E-state index in [-0.39, 0.29) is 44.4 Å². The molecule has 3 rings (SSSR count). The van der Waals surface area contributed by atoms with Crippen LogP contribution in [0.2, 0.25) is 0 Å². The summed E-state index contributed by atoms with van der Waals surface area (Å²) >= 11 is 0. The largest absolute Gasteiger partial charge is 0.416 e. The maximum Gasteiger partial charge on any atom is 0.416 e. The minimum Gasteiger partial charge on any atom is -0.354 e. The molecule has 0 unspecified atom stereocenters. The van der Waals surface area contributed by atoms with Crippen LogP contribution in [-0.2, 0) is 22.4 Å². The van der Waals surface area contributed by atoms with Crippen LogP contribution in [0, 0.1) is 6.92 Å². The van der Waals surface area contributed by atoms with Gasteiger partial charge in [-0.15, -0.1) is 0 Å². The lowest BCUT2D eigenvalue weighted by Crippen LogP contribution is -2.49. The second-order valence-electron chi connectivity index (χ2n) is 6.77. The summed E-state index contributed by atoms with van der Waals surface area (Å²) in [5.74, 6) is 0.616. The van der Waals surface area contributed by atoms with E-state index in [4.69, 9.17) is 0 Å². The molecule has 0 spiro atoms. The Bertz CT molecular complexity index is 997. The second kappa shape index (κ2) is 7.73. The molecule has 2 heterocycles. The summed E-state index contributed by atoms with van der Waals surface area (Å²) in [6, 6.07) is 5.68. The standard InChI is InChI=1S/C18H17F6N3O2S/c1-12-3-2-4-16(25-12)26-5-7-27(8-6-26)30(28,29)15-10-13(17(19,20)21)9-14(11-15)18(22,23)24/h2-4,9-11H,5-8H2,1H3. The lowest BCUT2D eigenvalue weighted by Gasteiger charge is -2.35. The van der Waals surface area contributed by atoms with Gasteiger partial charge in [0, 0.05) is 31.9 Å². The molecule has 0 saturated carbocycles. The molecule has 1 saturated heterocycles. The Morgan fingerprint density at radius 3 is 1.87 bits per heavy atom. The predicted octanol–water partition coefficient (Wildman–Crippen LogP) is 3.94. The van der Waals surface area contributed by atoms with E-state index in [2.05, 4.69) is 4.98 Å². The van der Waals surface area contributed by atoms with Gasteiger partial charge in [0.15, 0.2) is 0 Å². The van der Waals surface area contributed by atoms with Gasteiger partial charge in [0.05, 0.1) is 16.0 Å². The molecule has 1 aromatic heterocycles. The summed E-state index contributed by atoms with van der Waals surface area (Å²) in [6.45, 7) is 1.97. The Morgan fingerprint density at radius 1 is 0.867 bits per heavy atom. The van der Waals surface area contributed by atoms with Gasteiger partial charge in [-0.1, -0.05) is 6.07 Å². The van der Waals surface area contributed by atoms with Gasteiger partial charge in [0.2, 0.25) is 10.0 Å². The van der Waals surface area contributed by atoms with Crippen LogP contribution >= 0.6 is 0 Å². The van der Waals surface area contributed by atoms with E-state index in [1.807, 2.05) is 0 Å². The molecule has 0 atom stereocenters. The molecule has 2 aromatic rings. The Balaban J connectivity index is 1.89. The first-order chi connectivity index (χ1) is 13.8. The predicted molar refractivity (Wildman–Crippen MR) is 96.4 cm³/mol. The number of aromatic nitrogens is 1. The highest BCUT2D eigenvalue weighted by Crippen LogP contribution is 2.38. The number of aryl methyl sites for hydroxylation is 1. The second-order valence-corrected chi connectivity index (χ2v) is 8.71. The number of hydrogen-bond donors (Lipinski definition) is 0. The van der Waals surface area contributed by atoms with Crippen LogP contribution in [0.15, 0.2) is 41.3 Å². The van der Waals surface area contributed by atoms with Crippen molar-refractivity contribution in [1.29, 1.82) is 0 Å². The van der Waals surface area contributed by atoms with E-state index in [1.54, 1.807) is 30.0 Å². The minimum absolute atomic E-state index is 0.0969. The zero-order valence-electron chi connectivity index (χ0n) is 15.6. The van der Waals surface area contributed by atoms with Crippen molar-refractivity contribution in [1.82, 2.24) is 9.29 Å². The highest BCUT2D eigenvalue weighted by molar-refractivity contribution is 7.89. The van der Waals surface area contributed by atoms with Gasteiger partial charge in [-0.2, -0.15) is 30.6 Å². The first-order valence-corrected chi connectivity index (χ1v) is 10.2. The van der Waals surface area contributed by atoms with Crippen molar-refractivity contribution < 1.29 is 34.8 Å². The lowest BCUT2D eigenvalue weighted by atomic mass is 10.1. The van der Waals surface area contributed by atoms with Gasteiger partial charge in [-0.3, -0.25) is 0 Å². The zero-order valence-corrected chi connectivity index (χ0v) is 16.4. The average Bonchev–Trinajstić information content (AvgIpc) is 2.66. The van der Waals surface area contributed by atoms with Crippen LogP contribution in [0.25, 0.3) is 0 Å². The average molecular weight is 453 g/mol. The molecule has 0 bridgehead atoms. The van der Waals surface area contributed by atoms with Crippen LogP contribution in [0.1, 0.15) is 16.8 Å². The molecule has 1 fully saturated rings. The van der Waals surface area contributed by atoms with E-state index in [0.717, 1.165) is 10.00 Å². The van der Waals surface area contributed by atoms with E-state index >= 15 is 0 Å². The number of anilines is 1. The monoisotopic (exact) mass is 453 g/mol. The van der Waals surface area contributed by atoms with E-state index in [0.29, 0.717) is 5.82 Å². The van der Waals surface area contributed by atoms with Gasteiger partial charge < -0.3 is 4.90 Å². The van der Waals surface area contributed by atoms with Crippen molar-refractivity contribution in [2.75, 3.05) is 31.1 Å². The maximum atomic E-state index is 13.0. The molecule has 30 heavy (non-hydrogen) atoms. The van der Waals surface area contributed by atoms with Crippen LogP contribution in [0.5, 0.6) is 0 Å². The number of sulfonamides is 1. The minimum atomic E-state index is -5.12. The molecular weight excluding hydrogens is 436 g/mol. The van der Waals surface area contributed by atoms with Crippen molar-refractivity contribution in [2.45, 2.75) is 24.2 Å². The van der Waals surface area contributed by atoms with Crippen molar-refractivity contribution in [3.8, 4) is 0 Å². The van der Waals surface area contributed by atoms with E-state index in [1.165, 1.54) is 0 Å². The Hall–Kier alpha value is -2.34. The van der Waals surface area contributed by atoms with Gasteiger partial charge in [-0.25, -0.2) is 13.4 Å². The van der Waals surface area contributed by atoms with Gasteiger partial charge in [-0.05, 0) is 37.3 Å². The highest BCUT2D eigenvalue weighted by atomic mass is 32.2. The number of hydrogen-bond acceptors (Lipinski definition) is 4. The molecule has 0 radical (unpaired) electrons. The normalized spacial score (nSPS) is 16.7. The molecule has 1 aliphatic rings. The first-order valence-electron chi connectivity index (χ1n) is 8.77. The summed E-state index contributed by atoms with van der Waals surface area (Å²) in [7, 11) is -4.56. The number of pyridine rings is 1. The number of rotatable bonds is 3. The number of nitrogens with zero attached hydrogens (tertiary/aromatic N) is 3. The van der Waals surface area contributed by atoms with Crippen LogP contribution in [-0.4, -0.2) is 43.9 Å². The molecule has 1 aromatic carbocycles. The van der Waals surface area contributed by atoms with E-state index in [9.17, 15) is 34.8 Å². The summed E-state index contributed by atoms with van der Waals surface area (Å²) in [5.41, 5.74) is -2.58. The molecule has 164 valence electrons. The third kappa shape index (κ3) is 4.69. The molecule has 12 heteroatoms. The third-order valence-electron chi connectivity index (χ3n) is 4.64. The first kappa shape index (κ1) is 22.3. The van der Waals surface area contributed by atoms with Crippen molar-refractivity contribution in [2.24, 2.45) is 0 Å². The van der Waals surface area contributed by atoms with Crippen LogP contribution < -0.4 is 4.90 Å². The topological polar surface area (TPSA) is 53.5 Å². The number of piperazine rings is 1. The van der Waals surface area contributed by atoms with Gasteiger partial charge in [0.1, 0.15) is 5.82 Å². The molecular formula is C18H17F6N3O2S. The van der Waals surface area contributed by atoms with Gasteiger partial charge >= 0.3 is 12.4 Å². The fourth-order valence-electron chi connectivity index (χ4n) is 3.09. The fraction of sp³-hybridized carbons (Fsp3) is 0.389. The Morgan fingerprint density at radius 2 is 1.40 bits per heavy atom. The lowest BCUT2D eigenvalue weighted by molar-refractivity contribution is -0.143. The molecule has 1 aliphatic heterocycles. The quantitative estimate of drug-likeness (QED) is 0.661. The zero-order chi connectivity index (χ0) is 22.3. The van der Waals surface area contributed by atoms with Crippen molar-refractivity contribution in [3.63, 3.8) is 0 Å². The molecule has 0 N–H and O–H groups in total. The smallest absolute Gasteiger partial charge is 0.354 e. The van der Waals surface area contributed by atoms with Gasteiger partial charge in [0.25, 0.3) is 0 Å². The summed E-state index contributed by atoms with van der Waals surface area (Å²) < 4.78 is 105. The highest BCUT2D eigenvalue weighted by Gasteiger charge is 2.39. The Labute approximate surface area is 169 Å². The van der Waals surface area contributed by atoms with Crippen LogP contribution in [0.4, 0.5) is 32.2 Å². The SMILES string of the molecule is Cc1cccc(N2CCN(S(=O)(=O)c3cc(C(F)(F)F)cc(C(F)(F)F)c3)CC2)n1. The van der Waals surface area contributed by atoms with Crippen molar-refractivity contribution >= 4 is 15.8 Å². The third-order valence-corrected chi connectivity index (χ3v) is 6.51. The number of alkyl halides is 6. The number of benzene rings is 1. The number of halogens is 6. The fourth-order valence-corrected chi connectivity index (χ4v) is 4.58. The maximum absolute atomic E-state index is 13.0. The summed E-state index contributed by atoms with van der Waals surface area (Å²) in [6.07, 6.45) is -10.2. The van der Waals surface area contributed by atoms with E-state index < -0.39 is 38.4 Å². The Kier molecular flexibility index (Phi) is 5.76. The molecule has 5 nitrogen and oxygen atoms in total. The summed E-state index contributed by atoms with van der Waals surface area (Å²) in [4.78, 5) is 5.09. The van der Waals surface area contributed by atoms with Crippen LogP contribution in [0.3, 0.4) is 0 Å². The van der Waals surface area contributed by atoms with Crippen molar-refractivity contribution in [3.05, 3.63) is 53.2 Å². The summed E-state index contributed by atoms with van der Waals surface area (Å²) in [5, 5.41) is 0.